The summed E-state index contributed by atoms with van der Waals surface area (Å²) in [4.78, 5) is 12.4. The second kappa shape index (κ2) is 44.3. The molecule has 0 rings (SSSR count). The van der Waals surface area contributed by atoms with Crippen molar-refractivity contribution in [3.8, 4) is 0 Å². The molecule has 0 aliphatic carbocycles. The average molecular weight is 732 g/mol. The van der Waals surface area contributed by atoms with Gasteiger partial charge in [0.1, 0.15) is 0 Å². The molecule has 0 bridgehead atoms. The Balaban J connectivity index is 3.52. The van der Waals surface area contributed by atoms with E-state index in [0.717, 1.165) is 32.1 Å². The lowest BCUT2D eigenvalue weighted by Gasteiger charge is -2.22. The normalized spacial score (nSPS) is 13.1. The predicted octanol–water partition coefficient (Wildman–Crippen LogP) is 14.8. The van der Waals surface area contributed by atoms with Crippen molar-refractivity contribution in [3.05, 3.63) is 24.3 Å². The molecule has 2 unspecified atom stereocenters. The molecule has 2 atom stereocenters. The Morgan fingerprint density at radius 2 is 0.788 bits per heavy atom. The second-order valence-corrected chi connectivity index (χ2v) is 16.2. The van der Waals surface area contributed by atoms with Crippen LogP contribution < -0.4 is 5.32 Å². The van der Waals surface area contributed by atoms with Gasteiger partial charge in [0, 0.05) is 6.42 Å². The first-order valence-electron chi connectivity index (χ1n) is 23.5. The van der Waals surface area contributed by atoms with Gasteiger partial charge in [-0.2, -0.15) is 0 Å². The first kappa shape index (κ1) is 50.9. The zero-order valence-electron chi connectivity index (χ0n) is 35.3. The van der Waals surface area contributed by atoms with Gasteiger partial charge in [-0.3, -0.25) is 4.79 Å². The van der Waals surface area contributed by atoms with E-state index in [0.29, 0.717) is 12.8 Å². The average Bonchev–Trinajstić information content (AvgIpc) is 3.15. The summed E-state index contributed by atoms with van der Waals surface area (Å²) in [5.41, 5.74) is 0. The summed E-state index contributed by atoms with van der Waals surface area (Å²) < 4.78 is 0. The van der Waals surface area contributed by atoms with Gasteiger partial charge in [-0.1, -0.05) is 231 Å². The number of nitrogens with one attached hydrogen (secondary N) is 1. The van der Waals surface area contributed by atoms with Crippen LogP contribution in [0, 0.1) is 0 Å². The van der Waals surface area contributed by atoms with E-state index in [1.54, 1.807) is 0 Å². The summed E-state index contributed by atoms with van der Waals surface area (Å²) in [7, 11) is 0. The number of allylic oxidation sites excluding steroid dienone is 4. The zero-order chi connectivity index (χ0) is 37.8. The molecular weight excluding hydrogens is 639 g/mol. The van der Waals surface area contributed by atoms with Gasteiger partial charge in [0.15, 0.2) is 0 Å². The SMILES string of the molecule is CCCCCCCCCCC/C=C\C/C=C\CCCCCCCCCC(=O)NC(CO)C(O)CCCCCCCCCCCCCCCCCCC. The maximum atomic E-state index is 12.4. The second-order valence-electron chi connectivity index (χ2n) is 16.2. The van der Waals surface area contributed by atoms with Gasteiger partial charge in [-0.25, -0.2) is 0 Å². The third-order valence-corrected chi connectivity index (χ3v) is 11.0. The number of carbonyl (C=O) groups is 1. The predicted molar refractivity (Wildman–Crippen MR) is 230 cm³/mol. The van der Waals surface area contributed by atoms with Gasteiger partial charge in [-0.05, 0) is 44.9 Å². The number of hydrogen-bond acceptors (Lipinski definition) is 3. The third-order valence-electron chi connectivity index (χ3n) is 11.0. The Kier molecular flexibility index (Phi) is 43.3. The number of amides is 1. The van der Waals surface area contributed by atoms with Crippen LogP contribution >= 0.6 is 0 Å². The molecule has 4 nitrogen and oxygen atoms in total. The van der Waals surface area contributed by atoms with E-state index in [1.807, 2.05) is 0 Å². The van der Waals surface area contributed by atoms with E-state index >= 15 is 0 Å². The van der Waals surface area contributed by atoms with E-state index in [1.165, 1.54) is 199 Å². The summed E-state index contributed by atoms with van der Waals surface area (Å²) in [5, 5.41) is 23.2. The number of aliphatic hydroxyl groups excluding tert-OH is 2. The number of hydrogen-bond donors (Lipinski definition) is 3. The molecule has 0 fully saturated rings. The topological polar surface area (TPSA) is 69.6 Å². The Hall–Kier alpha value is -1.13. The van der Waals surface area contributed by atoms with Gasteiger partial charge in [0.2, 0.25) is 5.91 Å². The van der Waals surface area contributed by atoms with Crippen LogP contribution in [-0.2, 0) is 4.79 Å². The van der Waals surface area contributed by atoms with E-state index in [9.17, 15) is 15.0 Å². The maximum absolute atomic E-state index is 12.4. The van der Waals surface area contributed by atoms with Crippen molar-refractivity contribution >= 4 is 5.91 Å². The highest BCUT2D eigenvalue weighted by Crippen LogP contribution is 2.16. The van der Waals surface area contributed by atoms with Gasteiger partial charge in [0.25, 0.3) is 0 Å². The summed E-state index contributed by atoms with van der Waals surface area (Å²) in [5.74, 6) is -0.0364. The number of unbranched alkanes of at least 4 members (excludes halogenated alkanes) is 32. The molecule has 0 aromatic carbocycles. The molecule has 52 heavy (non-hydrogen) atoms. The summed E-state index contributed by atoms with van der Waals surface area (Å²) >= 11 is 0. The monoisotopic (exact) mass is 732 g/mol. The van der Waals surface area contributed by atoms with Crippen molar-refractivity contribution in [2.45, 2.75) is 270 Å². The van der Waals surface area contributed by atoms with Gasteiger partial charge in [-0.15, -0.1) is 0 Å². The van der Waals surface area contributed by atoms with Crippen LogP contribution in [0.15, 0.2) is 24.3 Å². The van der Waals surface area contributed by atoms with Crippen LogP contribution in [0.4, 0.5) is 0 Å². The standard InChI is InChI=1S/C48H93NO3/c1-3-5-7-9-11-13-15-17-19-21-22-23-24-25-26-28-30-32-34-36-38-40-42-44-48(52)49-46(45-50)47(51)43-41-39-37-35-33-31-29-27-20-18-16-14-12-10-8-6-4-2/h22-23,25-26,46-47,50-51H,3-21,24,27-45H2,1-2H3,(H,49,52)/b23-22-,26-25-. The minimum atomic E-state index is -0.661. The molecule has 0 spiro atoms. The maximum Gasteiger partial charge on any atom is 0.220 e. The minimum absolute atomic E-state index is 0.0364. The largest absolute Gasteiger partial charge is 0.394 e. The molecule has 0 aliphatic rings. The lowest BCUT2D eigenvalue weighted by atomic mass is 10.0. The van der Waals surface area contributed by atoms with Crippen molar-refractivity contribution in [1.82, 2.24) is 5.32 Å². The summed E-state index contributed by atoms with van der Waals surface area (Å²) in [6.45, 7) is 4.37. The van der Waals surface area contributed by atoms with Crippen LogP contribution in [0.1, 0.15) is 258 Å². The van der Waals surface area contributed by atoms with E-state index in [2.05, 4.69) is 43.5 Å². The molecular formula is C48H93NO3. The Morgan fingerprint density at radius 3 is 1.15 bits per heavy atom. The number of rotatable bonds is 43. The van der Waals surface area contributed by atoms with Crippen LogP contribution in [0.5, 0.6) is 0 Å². The fourth-order valence-electron chi connectivity index (χ4n) is 7.33. The smallest absolute Gasteiger partial charge is 0.220 e. The molecule has 0 aromatic rings. The fourth-order valence-corrected chi connectivity index (χ4v) is 7.33. The van der Waals surface area contributed by atoms with Crippen molar-refractivity contribution in [2.24, 2.45) is 0 Å². The Bertz CT molecular complexity index is 750. The molecule has 0 saturated carbocycles. The lowest BCUT2D eigenvalue weighted by molar-refractivity contribution is -0.123. The van der Waals surface area contributed by atoms with E-state index in [-0.39, 0.29) is 12.5 Å². The lowest BCUT2D eigenvalue weighted by Crippen LogP contribution is -2.45. The molecule has 0 radical (unpaired) electrons. The van der Waals surface area contributed by atoms with Crippen molar-refractivity contribution in [2.75, 3.05) is 6.61 Å². The fraction of sp³-hybridized carbons (Fsp3) is 0.896. The first-order valence-corrected chi connectivity index (χ1v) is 23.5. The van der Waals surface area contributed by atoms with Crippen LogP contribution in [-0.4, -0.2) is 34.9 Å². The molecule has 0 saturated heterocycles. The van der Waals surface area contributed by atoms with Crippen molar-refractivity contribution < 1.29 is 15.0 Å². The Labute approximate surface area is 326 Å². The van der Waals surface area contributed by atoms with Crippen LogP contribution in [0.3, 0.4) is 0 Å². The zero-order valence-corrected chi connectivity index (χ0v) is 35.3. The first-order chi connectivity index (χ1) is 25.7. The summed E-state index contributed by atoms with van der Waals surface area (Å²) in [6.07, 6.45) is 56.9. The highest BCUT2D eigenvalue weighted by molar-refractivity contribution is 5.76. The van der Waals surface area contributed by atoms with Crippen molar-refractivity contribution in [1.29, 1.82) is 0 Å². The number of carbonyl (C=O) groups excluding carboxylic acids is 1. The summed E-state index contributed by atoms with van der Waals surface area (Å²) in [6, 6.07) is -0.539. The van der Waals surface area contributed by atoms with Crippen LogP contribution in [0.2, 0.25) is 0 Å². The van der Waals surface area contributed by atoms with Crippen molar-refractivity contribution in [3.63, 3.8) is 0 Å². The van der Waals surface area contributed by atoms with E-state index < -0.39 is 12.1 Å². The highest BCUT2D eigenvalue weighted by Gasteiger charge is 2.20. The highest BCUT2D eigenvalue weighted by atomic mass is 16.3. The van der Waals surface area contributed by atoms with E-state index in [4.69, 9.17) is 0 Å². The number of aliphatic hydroxyl groups is 2. The molecule has 1 amide bonds. The Morgan fingerprint density at radius 1 is 0.462 bits per heavy atom. The quantitative estimate of drug-likeness (QED) is 0.0432. The van der Waals surface area contributed by atoms with Gasteiger partial charge in [0.05, 0.1) is 18.8 Å². The molecule has 4 heteroatoms. The minimum Gasteiger partial charge on any atom is -0.394 e. The molecule has 3 N–H and O–H groups in total. The molecule has 0 heterocycles. The van der Waals surface area contributed by atoms with Gasteiger partial charge >= 0.3 is 0 Å². The molecule has 0 aliphatic heterocycles. The van der Waals surface area contributed by atoms with Crippen LogP contribution in [0.25, 0.3) is 0 Å². The molecule has 308 valence electrons. The molecule has 0 aromatic heterocycles. The third kappa shape index (κ3) is 40.1. The van der Waals surface area contributed by atoms with Gasteiger partial charge < -0.3 is 15.5 Å².